The number of rotatable bonds is 3. The second-order valence-electron chi connectivity index (χ2n) is 9.47. The standard InChI is InChI=1S/C24H31N5O4/c1-24(2,3)33-23(31)29-8-6-7-19(29)17-13-16(22(30)27(4)5)14-18-21(17)26-20(15-25-18)28-9-11-32-12-10-28/h6-7,13-15,19H,8-12H2,1-5H3. The molecule has 3 heterocycles. The van der Waals surface area contributed by atoms with E-state index in [-0.39, 0.29) is 5.91 Å². The van der Waals surface area contributed by atoms with Gasteiger partial charge in [-0.25, -0.2) is 9.78 Å². The van der Waals surface area contributed by atoms with Crippen molar-refractivity contribution in [1.29, 1.82) is 0 Å². The minimum absolute atomic E-state index is 0.136. The van der Waals surface area contributed by atoms with E-state index in [1.54, 1.807) is 31.3 Å². The fraction of sp³-hybridized carbons (Fsp3) is 0.500. The molecule has 2 amide bonds. The van der Waals surface area contributed by atoms with E-state index in [1.165, 1.54) is 4.90 Å². The van der Waals surface area contributed by atoms with Crippen molar-refractivity contribution in [2.45, 2.75) is 32.4 Å². The average Bonchev–Trinajstić information content (AvgIpc) is 3.27. The summed E-state index contributed by atoms with van der Waals surface area (Å²) < 4.78 is 11.1. The number of morpholine rings is 1. The second kappa shape index (κ2) is 8.97. The number of hydrogen-bond acceptors (Lipinski definition) is 7. The Bertz CT molecular complexity index is 1090. The van der Waals surface area contributed by atoms with Crippen LogP contribution >= 0.6 is 0 Å². The summed E-state index contributed by atoms with van der Waals surface area (Å²) in [5, 5.41) is 0. The minimum atomic E-state index is -0.613. The van der Waals surface area contributed by atoms with E-state index in [4.69, 9.17) is 14.5 Å². The van der Waals surface area contributed by atoms with Crippen molar-refractivity contribution in [2.75, 3.05) is 51.8 Å². The normalized spacial score (nSPS) is 18.6. The first-order valence-corrected chi connectivity index (χ1v) is 11.2. The van der Waals surface area contributed by atoms with Crippen LogP contribution in [0, 0.1) is 0 Å². The van der Waals surface area contributed by atoms with Gasteiger partial charge in [0.15, 0.2) is 0 Å². The molecule has 4 rings (SSSR count). The number of anilines is 1. The fourth-order valence-corrected chi connectivity index (χ4v) is 3.98. The van der Waals surface area contributed by atoms with Gasteiger partial charge in [0.25, 0.3) is 5.91 Å². The number of ether oxygens (including phenoxy) is 2. The van der Waals surface area contributed by atoms with E-state index in [2.05, 4.69) is 9.88 Å². The van der Waals surface area contributed by atoms with Crippen LogP contribution in [0.4, 0.5) is 10.6 Å². The van der Waals surface area contributed by atoms with Gasteiger partial charge in [-0.3, -0.25) is 14.7 Å². The number of carbonyl (C=O) groups excluding carboxylic acids is 2. The summed E-state index contributed by atoms with van der Waals surface area (Å²) in [6, 6.07) is 3.17. The molecule has 0 bridgehead atoms. The molecule has 0 aliphatic carbocycles. The maximum Gasteiger partial charge on any atom is 0.411 e. The Morgan fingerprint density at radius 3 is 2.58 bits per heavy atom. The van der Waals surface area contributed by atoms with Crippen molar-refractivity contribution in [3.8, 4) is 0 Å². The maximum atomic E-state index is 13.0. The Balaban J connectivity index is 1.81. The lowest BCUT2D eigenvalue weighted by Crippen LogP contribution is -2.37. The molecular weight excluding hydrogens is 422 g/mol. The van der Waals surface area contributed by atoms with Crippen molar-refractivity contribution < 1.29 is 19.1 Å². The summed E-state index contributed by atoms with van der Waals surface area (Å²) in [5.41, 5.74) is 1.91. The number of amides is 2. The van der Waals surface area contributed by atoms with Crippen LogP contribution in [0.3, 0.4) is 0 Å². The molecule has 176 valence electrons. The lowest BCUT2D eigenvalue weighted by Gasteiger charge is -2.30. The van der Waals surface area contributed by atoms with Crippen LogP contribution in [0.5, 0.6) is 0 Å². The molecule has 0 saturated carbocycles. The molecule has 1 unspecified atom stereocenters. The van der Waals surface area contributed by atoms with Gasteiger partial charge in [0.05, 0.1) is 36.5 Å². The van der Waals surface area contributed by atoms with Gasteiger partial charge in [-0.1, -0.05) is 12.2 Å². The number of nitrogens with zero attached hydrogens (tertiary/aromatic N) is 5. The molecule has 1 aromatic carbocycles. The monoisotopic (exact) mass is 453 g/mol. The zero-order valence-corrected chi connectivity index (χ0v) is 19.9. The molecule has 2 aliphatic heterocycles. The lowest BCUT2D eigenvalue weighted by atomic mass is 10.0. The number of benzene rings is 1. The van der Waals surface area contributed by atoms with Gasteiger partial charge in [-0.15, -0.1) is 0 Å². The van der Waals surface area contributed by atoms with E-state index in [9.17, 15) is 9.59 Å². The third-order valence-corrected chi connectivity index (χ3v) is 5.56. The first kappa shape index (κ1) is 23.0. The Labute approximate surface area is 194 Å². The van der Waals surface area contributed by atoms with Crippen LogP contribution in [-0.2, 0) is 9.47 Å². The summed E-state index contributed by atoms with van der Waals surface area (Å²) in [6.45, 7) is 8.70. The Morgan fingerprint density at radius 1 is 1.18 bits per heavy atom. The Kier molecular flexibility index (Phi) is 6.25. The van der Waals surface area contributed by atoms with Crippen LogP contribution in [0.15, 0.2) is 30.5 Å². The van der Waals surface area contributed by atoms with Crippen molar-refractivity contribution in [3.63, 3.8) is 0 Å². The summed E-state index contributed by atoms with van der Waals surface area (Å²) in [7, 11) is 3.42. The van der Waals surface area contributed by atoms with Crippen LogP contribution in [-0.4, -0.2) is 84.3 Å². The number of carbonyl (C=O) groups is 2. The first-order chi connectivity index (χ1) is 15.6. The van der Waals surface area contributed by atoms with E-state index in [0.29, 0.717) is 36.4 Å². The molecule has 1 atom stereocenters. The minimum Gasteiger partial charge on any atom is -0.444 e. The van der Waals surface area contributed by atoms with Crippen molar-refractivity contribution in [1.82, 2.24) is 19.8 Å². The van der Waals surface area contributed by atoms with Crippen molar-refractivity contribution in [2.24, 2.45) is 0 Å². The van der Waals surface area contributed by atoms with Gasteiger partial charge in [0.1, 0.15) is 11.4 Å². The number of aromatic nitrogens is 2. The second-order valence-corrected chi connectivity index (χ2v) is 9.47. The van der Waals surface area contributed by atoms with Gasteiger partial charge in [0, 0.05) is 44.9 Å². The third kappa shape index (κ3) is 4.93. The molecular formula is C24H31N5O4. The Morgan fingerprint density at radius 2 is 1.91 bits per heavy atom. The molecule has 1 aromatic heterocycles. The third-order valence-electron chi connectivity index (χ3n) is 5.56. The average molecular weight is 454 g/mol. The van der Waals surface area contributed by atoms with E-state index >= 15 is 0 Å². The quantitative estimate of drug-likeness (QED) is 0.660. The van der Waals surface area contributed by atoms with Gasteiger partial charge >= 0.3 is 6.09 Å². The number of hydrogen-bond donors (Lipinski definition) is 0. The summed E-state index contributed by atoms with van der Waals surface area (Å²) >= 11 is 0. The molecule has 2 aliphatic rings. The topological polar surface area (TPSA) is 88.1 Å². The van der Waals surface area contributed by atoms with Gasteiger partial charge < -0.3 is 19.3 Å². The molecule has 2 aromatic rings. The van der Waals surface area contributed by atoms with Gasteiger partial charge in [0.2, 0.25) is 0 Å². The highest BCUT2D eigenvalue weighted by atomic mass is 16.6. The van der Waals surface area contributed by atoms with Gasteiger partial charge in [-0.05, 0) is 32.9 Å². The van der Waals surface area contributed by atoms with E-state index in [1.807, 2.05) is 39.0 Å². The molecule has 0 spiro atoms. The number of fused-ring (bicyclic) bond motifs is 1. The zero-order chi connectivity index (χ0) is 23.8. The fourth-order valence-electron chi connectivity index (χ4n) is 3.98. The predicted octanol–water partition coefficient (Wildman–Crippen LogP) is 3.02. The van der Waals surface area contributed by atoms with Crippen molar-refractivity contribution in [3.05, 3.63) is 41.6 Å². The van der Waals surface area contributed by atoms with E-state index < -0.39 is 17.7 Å². The van der Waals surface area contributed by atoms with Crippen LogP contribution in [0.2, 0.25) is 0 Å². The maximum absolute atomic E-state index is 13.0. The first-order valence-electron chi connectivity index (χ1n) is 11.2. The summed E-state index contributed by atoms with van der Waals surface area (Å²) in [6.07, 6.45) is 5.20. The smallest absolute Gasteiger partial charge is 0.411 e. The highest BCUT2D eigenvalue weighted by molar-refractivity contribution is 5.98. The molecule has 1 saturated heterocycles. The zero-order valence-electron chi connectivity index (χ0n) is 19.9. The summed E-state index contributed by atoms with van der Waals surface area (Å²) in [5.74, 6) is 0.618. The predicted molar refractivity (Wildman–Crippen MR) is 125 cm³/mol. The molecule has 9 nitrogen and oxygen atoms in total. The molecule has 0 radical (unpaired) electrons. The molecule has 1 fully saturated rings. The van der Waals surface area contributed by atoms with Crippen LogP contribution in [0.25, 0.3) is 11.0 Å². The molecule has 33 heavy (non-hydrogen) atoms. The van der Waals surface area contributed by atoms with Crippen LogP contribution in [0.1, 0.15) is 42.7 Å². The Hall–Kier alpha value is -3.20. The van der Waals surface area contributed by atoms with E-state index in [0.717, 1.165) is 24.5 Å². The molecule has 9 heteroatoms. The summed E-state index contributed by atoms with van der Waals surface area (Å²) in [4.78, 5) is 40.6. The van der Waals surface area contributed by atoms with Crippen molar-refractivity contribution >= 4 is 28.9 Å². The largest absolute Gasteiger partial charge is 0.444 e. The SMILES string of the molecule is CN(C)C(=O)c1cc(C2C=CCN2C(=O)OC(C)(C)C)c2nc(N3CCOCC3)cnc2c1. The highest BCUT2D eigenvalue weighted by Crippen LogP contribution is 2.34. The van der Waals surface area contributed by atoms with Gasteiger partial charge in [-0.2, -0.15) is 0 Å². The lowest BCUT2D eigenvalue weighted by molar-refractivity contribution is 0.0241. The van der Waals surface area contributed by atoms with Crippen LogP contribution < -0.4 is 4.90 Å². The highest BCUT2D eigenvalue weighted by Gasteiger charge is 2.32. The molecule has 0 N–H and O–H groups in total.